The van der Waals surface area contributed by atoms with Crippen molar-refractivity contribution in [1.29, 1.82) is 0 Å². The van der Waals surface area contributed by atoms with Crippen molar-refractivity contribution in [1.82, 2.24) is 0 Å². The van der Waals surface area contributed by atoms with Crippen LogP contribution in [0.5, 0.6) is 0 Å². The van der Waals surface area contributed by atoms with Crippen LogP contribution in [0.2, 0.25) is 0 Å². The minimum Gasteiger partial charge on any atom is -0.376 e. The molecule has 0 fully saturated rings. The first-order chi connectivity index (χ1) is 7.12. The highest BCUT2D eigenvalue weighted by Gasteiger charge is 2.37. The summed E-state index contributed by atoms with van der Waals surface area (Å²) in [6, 6.07) is 0. The molecule has 1 nitrogen and oxygen atoms in total. The Morgan fingerprint density at radius 3 is 1.81 bits per heavy atom. The molecule has 0 N–H and O–H groups in total. The first-order valence-corrected chi connectivity index (χ1v) is 6.38. The molecule has 0 saturated heterocycles. The van der Waals surface area contributed by atoms with Gasteiger partial charge >= 0.3 is 0 Å². The van der Waals surface area contributed by atoms with E-state index in [9.17, 15) is 0 Å². The van der Waals surface area contributed by atoms with Crippen LogP contribution in [0.4, 0.5) is 0 Å². The van der Waals surface area contributed by atoms with Gasteiger partial charge in [-0.05, 0) is 23.7 Å². The Morgan fingerprint density at radius 2 is 1.50 bits per heavy atom. The van der Waals surface area contributed by atoms with Crippen molar-refractivity contribution in [2.24, 2.45) is 16.2 Å². The maximum Gasteiger partial charge on any atom is 0.0648 e. The minimum atomic E-state index is 0.245. The topological polar surface area (TPSA) is 9.23 Å². The fraction of sp³-hybridized carbons (Fsp3) is 0.867. The van der Waals surface area contributed by atoms with Crippen molar-refractivity contribution >= 4 is 0 Å². The maximum atomic E-state index is 5.69. The second kappa shape index (κ2) is 4.52. The summed E-state index contributed by atoms with van der Waals surface area (Å²) < 4.78 is 5.69. The predicted octanol–water partition coefficient (Wildman–Crippen LogP) is 4.43. The Hall–Kier alpha value is -0.300. The van der Waals surface area contributed by atoms with E-state index in [4.69, 9.17) is 4.74 Å². The van der Waals surface area contributed by atoms with Crippen molar-refractivity contribution in [3.05, 3.63) is 12.2 Å². The zero-order valence-corrected chi connectivity index (χ0v) is 11.9. The Kier molecular flexibility index (Phi) is 3.89. The lowest BCUT2D eigenvalue weighted by molar-refractivity contribution is 0.0225. The largest absolute Gasteiger partial charge is 0.376 e. The third kappa shape index (κ3) is 4.69. The third-order valence-electron chi connectivity index (χ3n) is 2.84. The molecule has 0 bridgehead atoms. The second-order valence-corrected chi connectivity index (χ2v) is 7.75. The SMILES string of the molecule is CC(C)(C)CC1(CC(C)(C)C)C=CCOC1. The highest BCUT2D eigenvalue weighted by Crippen LogP contribution is 2.44. The zero-order chi connectivity index (χ0) is 12.4. The molecule has 1 heteroatoms. The summed E-state index contributed by atoms with van der Waals surface area (Å²) in [5.74, 6) is 0. The Balaban J connectivity index is 2.84. The van der Waals surface area contributed by atoms with E-state index >= 15 is 0 Å². The van der Waals surface area contributed by atoms with Crippen molar-refractivity contribution in [2.75, 3.05) is 13.2 Å². The number of hydrogen-bond acceptors (Lipinski definition) is 1. The van der Waals surface area contributed by atoms with Crippen LogP contribution in [0.25, 0.3) is 0 Å². The molecule has 0 aromatic rings. The van der Waals surface area contributed by atoms with Gasteiger partial charge in [-0.1, -0.05) is 53.7 Å². The summed E-state index contributed by atoms with van der Waals surface area (Å²) in [5.41, 5.74) is 0.960. The van der Waals surface area contributed by atoms with E-state index in [1.54, 1.807) is 0 Å². The third-order valence-corrected chi connectivity index (χ3v) is 2.84. The first kappa shape index (κ1) is 13.8. The molecular weight excluding hydrogens is 196 g/mol. The van der Waals surface area contributed by atoms with Crippen molar-refractivity contribution in [3.8, 4) is 0 Å². The molecule has 0 radical (unpaired) electrons. The van der Waals surface area contributed by atoms with E-state index in [0.717, 1.165) is 13.2 Å². The smallest absolute Gasteiger partial charge is 0.0648 e. The summed E-state index contributed by atoms with van der Waals surface area (Å²) in [5, 5.41) is 0. The lowest BCUT2D eigenvalue weighted by Crippen LogP contribution is -2.36. The molecule has 1 aliphatic heterocycles. The van der Waals surface area contributed by atoms with Gasteiger partial charge in [0.15, 0.2) is 0 Å². The Morgan fingerprint density at radius 1 is 1.00 bits per heavy atom. The molecule has 0 aromatic heterocycles. The highest BCUT2D eigenvalue weighted by molar-refractivity contribution is 5.06. The average Bonchev–Trinajstić information content (AvgIpc) is 1.97. The van der Waals surface area contributed by atoms with Crippen LogP contribution in [0.1, 0.15) is 54.4 Å². The van der Waals surface area contributed by atoms with E-state index < -0.39 is 0 Å². The minimum absolute atomic E-state index is 0.245. The molecule has 0 saturated carbocycles. The highest BCUT2D eigenvalue weighted by atomic mass is 16.5. The fourth-order valence-corrected chi connectivity index (χ4v) is 3.07. The van der Waals surface area contributed by atoms with Crippen LogP contribution in [-0.4, -0.2) is 13.2 Å². The first-order valence-electron chi connectivity index (χ1n) is 6.38. The van der Waals surface area contributed by atoms with Gasteiger partial charge < -0.3 is 4.74 Å². The van der Waals surface area contributed by atoms with Gasteiger partial charge in [0.1, 0.15) is 0 Å². The standard InChI is InChI=1S/C15H28O/c1-13(2,3)10-15(11-14(4,5)6)8-7-9-16-12-15/h7-8H,9-12H2,1-6H3. The van der Waals surface area contributed by atoms with E-state index in [0.29, 0.717) is 10.8 Å². The molecule has 1 aliphatic rings. The van der Waals surface area contributed by atoms with Crippen LogP contribution in [0.3, 0.4) is 0 Å². The summed E-state index contributed by atoms with van der Waals surface area (Å²) in [4.78, 5) is 0. The van der Waals surface area contributed by atoms with Crippen LogP contribution >= 0.6 is 0 Å². The molecule has 1 rings (SSSR count). The van der Waals surface area contributed by atoms with Gasteiger partial charge in [-0.2, -0.15) is 0 Å². The number of rotatable bonds is 2. The van der Waals surface area contributed by atoms with Crippen molar-refractivity contribution in [3.63, 3.8) is 0 Å². The molecule has 0 spiro atoms. The lowest BCUT2D eigenvalue weighted by atomic mass is 9.66. The van der Waals surface area contributed by atoms with E-state index in [-0.39, 0.29) is 5.41 Å². The number of hydrogen-bond donors (Lipinski definition) is 0. The Labute approximate surface area is 101 Å². The maximum absolute atomic E-state index is 5.69. The van der Waals surface area contributed by atoms with E-state index in [2.05, 4.69) is 53.7 Å². The van der Waals surface area contributed by atoms with Crippen LogP contribution in [0.15, 0.2) is 12.2 Å². The normalized spacial score (nSPS) is 21.1. The van der Waals surface area contributed by atoms with Gasteiger partial charge in [0, 0.05) is 5.41 Å². The zero-order valence-electron chi connectivity index (χ0n) is 11.9. The molecule has 0 aliphatic carbocycles. The summed E-state index contributed by atoms with van der Waals surface area (Å²) in [7, 11) is 0. The van der Waals surface area contributed by atoms with Crippen LogP contribution in [0, 0.1) is 16.2 Å². The van der Waals surface area contributed by atoms with Gasteiger partial charge in [0.05, 0.1) is 13.2 Å². The van der Waals surface area contributed by atoms with E-state index in [1.807, 2.05) is 0 Å². The van der Waals surface area contributed by atoms with Crippen molar-refractivity contribution in [2.45, 2.75) is 54.4 Å². The molecule has 94 valence electrons. The van der Waals surface area contributed by atoms with E-state index in [1.165, 1.54) is 12.8 Å². The molecule has 16 heavy (non-hydrogen) atoms. The summed E-state index contributed by atoms with van der Waals surface area (Å²) >= 11 is 0. The van der Waals surface area contributed by atoms with Crippen molar-refractivity contribution < 1.29 is 4.74 Å². The summed E-state index contributed by atoms with van der Waals surface area (Å²) in [6.07, 6.45) is 7.01. The monoisotopic (exact) mass is 224 g/mol. The molecule has 0 aromatic carbocycles. The second-order valence-electron chi connectivity index (χ2n) is 7.75. The Bertz CT molecular complexity index is 234. The quantitative estimate of drug-likeness (QED) is 0.630. The van der Waals surface area contributed by atoms with Gasteiger partial charge in [0.2, 0.25) is 0 Å². The molecule has 0 amide bonds. The van der Waals surface area contributed by atoms with Crippen LogP contribution in [-0.2, 0) is 4.74 Å². The number of ether oxygens (including phenoxy) is 1. The summed E-state index contributed by atoms with van der Waals surface area (Å²) in [6.45, 7) is 15.6. The molecular formula is C15H28O. The predicted molar refractivity (Wildman–Crippen MR) is 70.5 cm³/mol. The lowest BCUT2D eigenvalue weighted by Gasteiger charge is -2.42. The van der Waals surface area contributed by atoms with Gasteiger partial charge in [-0.15, -0.1) is 0 Å². The van der Waals surface area contributed by atoms with Crippen LogP contribution < -0.4 is 0 Å². The van der Waals surface area contributed by atoms with Gasteiger partial charge in [-0.25, -0.2) is 0 Å². The van der Waals surface area contributed by atoms with Gasteiger partial charge in [0.25, 0.3) is 0 Å². The average molecular weight is 224 g/mol. The van der Waals surface area contributed by atoms with Gasteiger partial charge in [-0.3, -0.25) is 0 Å². The fourth-order valence-electron chi connectivity index (χ4n) is 3.07. The molecule has 0 unspecified atom stereocenters. The molecule has 0 atom stereocenters. The molecule has 1 heterocycles.